The molecule has 100 valence electrons. The van der Waals surface area contributed by atoms with Gasteiger partial charge in [0, 0.05) is 11.3 Å². The van der Waals surface area contributed by atoms with Crippen molar-refractivity contribution in [1.29, 1.82) is 0 Å². The monoisotopic (exact) mass is 266 g/mol. The zero-order valence-electron chi connectivity index (χ0n) is 11.4. The summed E-state index contributed by atoms with van der Waals surface area (Å²) in [7, 11) is 0. The molecule has 1 aromatic carbocycles. The summed E-state index contributed by atoms with van der Waals surface area (Å²) in [5.41, 5.74) is 1.42. The van der Waals surface area contributed by atoms with Crippen LogP contribution in [-0.2, 0) is 10.2 Å². The summed E-state index contributed by atoms with van der Waals surface area (Å²) in [6, 6.07) is 10.7. The number of ether oxygens (including phenoxy) is 1. The minimum Gasteiger partial charge on any atom is -0.375 e. The fourth-order valence-electron chi connectivity index (χ4n) is 2.96. The van der Waals surface area contributed by atoms with Crippen LogP contribution in [0.15, 0.2) is 30.3 Å². The predicted molar refractivity (Wildman–Crippen MR) is 77.3 cm³/mol. The van der Waals surface area contributed by atoms with E-state index in [-0.39, 0.29) is 5.41 Å². The van der Waals surface area contributed by atoms with Crippen LogP contribution >= 0.6 is 11.6 Å². The average molecular weight is 267 g/mol. The minimum absolute atomic E-state index is 0.0670. The highest BCUT2D eigenvalue weighted by Crippen LogP contribution is 2.38. The number of benzene rings is 1. The lowest BCUT2D eigenvalue weighted by Crippen LogP contribution is -2.32. The number of hydrogen-bond acceptors (Lipinski definition) is 1. The van der Waals surface area contributed by atoms with Gasteiger partial charge < -0.3 is 4.74 Å². The van der Waals surface area contributed by atoms with Crippen molar-refractivity contribution in [3.8, 4) is 0 Å². The van der Waals surface area contributed by atoms with Crippen molar-refractivity contribution in [2.24, 2.45) is 0 Å². The molecule has 0 aromatic heterocycles. The zero-order valence-corrected chi connectivity index (χ0v) is 12.1. The lowest BCUT2D eigenvalue weighted by atomic mass is 9.75. The molecule has 2 rings (SSSR count). The molecule has 0 N–H and O–H groups in total. The maximum Gasteiger partial charge on any atom is 0.0588 e. The second kappa shape index (κ2) is 6.08. The second-order valence-corrected chi connectivity index (χ2v) is 5.75. The molecule has 0 bridgehead atoms. The Morgan fingerprint density at radius 3 is 2.50 bits per heavy atom. The molecule has 18 heavy (non-hydrogen) atoms. The normalized spacial score (nSPS) is 27.1. The van der Waals surface area contributed by atoms with Gasteiger partial charge in [0.05, 0.1) is 12.2 Å². The molecule has 1 saturated heterocycles. The van der Waals surface area contributed by atoms with Crippen LogP contribution in [0.3, 0.4) is 0 Å². The third-order valence-corrected chi connectivity index (χ3v) is 4.77. The molecule has 1 aromatic rings. The molecule has 1 nitrogen and oxygen atoms in total. The first-order valence-corrected chi connectivity index (χ1v) is 7.50. The summed E-state index contributed by atoms with van der Waals surface area (Å²) in [6.45, 7) is 4.39. The van der Waals surface area contributed by atoms with E-state index in [4.69, 9.17) is 16.3 Å². The molecule has 0 saturated carbocycles. The highest BCUT2D eigenvalue weighted by Gasteiger charge is 2.35. The van der Waals surface area contributed by atoms with Crippen LogP contribution in [-0.4, -0.2) is 18.1 Å². The molecule has 0 aliphatic carbocycles. The van der Waals surface area contributed by atoms with E-state index >= 15 is 0 Å². The maximum atomic E-state index is 6.32. The van der Waals surface area contributed by atoms with Gasteiger partial charge in [-0.15, -0.1) is 11.6 Å². The van der Waals surface area contributed by atoms with Crippen LogP contribution in [0.1, 0.15) is 45.1 Å². The van der Waals surface area contributed by atoms with E-state index in [9.17, 15) is 0 Å². The van der Waals surface area contributed by atoms with Crippen LogP contribution in [0, 0.1) is 0 Å². The number of hydrogen-bond donors (Lipinski definition) is 0. The first kappa shape index (κ1) is 13.9. The van der Waals surface area contributed by atoms with Crippen LogP contribution in [0.2, 0.25) is 0 Å². The van der Waals surface area contributed by atoms with Gasteiger partial charge in [0.1, 0.15) is 0 Å². The SMILES string of the molecule is CCC(CCl)(CC1CCC(C)O1)c1ccccc1. The molecule has 0 radical (unpaired) electrons. The minimum atomic E-state index is 0.0670. The third-order valence-electron chi connectivity index (χ3n) is 4.26. The van der Waals surface area contributed by atoms with Crippen molar-refractivity contribution in [2.75, 3.05) is 5.88 Å². The number of rotatable bonds is 5. The first-order valence-electron chi connectivity index (χ1n) is 6.97. The van der Waals surface area contributed by atoms with Crippen molar-refractivity contribution in [1.82, 2.24) is 0 Å². The molecule has 1 heterocycles. The van der Waals surface area contributed by atoms with Crippen molar-refractivity contribution in [3.63, 3.8) is 0 Å². The van der Waals surface area contributed by atoms with Crippen LogP contribution in [0.4, 0.5) is 0 Å². The summed E-state index contributed by atoms with van der Waals surface area (Å²) >= 11 is 6.32. The van der Waals surface area contributed by atoms with Crippen molar-refractivity contribution < 1.29 is 4.74 Å². The van der Waals surface area contributed by atoms with Crippen LogP contribution in [0.25, 0.3) is 0 Å². The van der Waals surface area contributed by atoms with Gasteiger partial charge >= 0.3 is 0 Å². The topological polar surface area (TPSA) is 9.23 Å². The van der Waals surface area contributed by atoms with Gasteiger partial charge in [0.25, 0.3) is 0 Å². The van der Waals surface area contributed by atoms with Crippen LogP contribution in [0.5, 0.6) is 0 Å². The van der Waals surface area contributed by atoms with E-state index in [1.807, 2.05) is 0 Å². The average Bonchev–Trinajstić information content (AvgIpc) is 2.82. The summed E-state index contributed by atoms with van der Waals surface area (Å²) < 4.78 is 5.98. The Hall–Kier alpha value is -0.530. The number of halogens is 1. The Labute approximate surface area is 115 Å². The Morgan fingerprint density at radius 2 is 2.00 bits per heavy atom. The quantitative estimate of drug-likeness (QED) is 0.712. The van der Waals surface area contributed by atoms with Crippen molar-refractivity contribution >= 4 is 11.6 Å². The standard InChI is InChI=1S/C16H23ClO/c1-3-16(12-17,14-7-5-4-6-8-14)11-15-10-9-13(2)18-15/h4-8,13,15H,3,9-12H2,1-2H3. The van der Waals surface area contributed by atoms with Gasteiger partial charge in [-0.3, -0.25) is 0 Å². The van der Waals surface area contributed by atoms with Gasteiger partial charge in [-0.1, -0.05) is 37.3 Å². The second-order valence-electron chi connectivity index (χ2n) is 5.48. The highest BCUT2D eigenvalue weighted by molar-refractivity contribution is 6.18. The Kier molecular flexibility index (Phi) is 4.69. The van der Waals surface area contributed by atoms with E-state index in [0.717, 1.165) is 12.8 Å². The fraction of sp³-hybridized carbons (Fsp3) is 0.625. The Bertz CT molecular complexity index is 359. The lowest BCUT2D eigenvalue weighted by Gasteiger charge is -2.33. The Balaban J connectivity index is 2.16. The van der Waals surface area contributed by atoms with E-state index in [1.165, 1.54) is 18.4 Å². The molecule has 0 amide bonds. The first-order chi connectivity index (χ1) is 8.70. The highest BCUT2D eigenvalue weighted by atomic mass is 35.5. The smallest absolute Gasteiger partial charge is 0.0588 e. The molecular weight excluding hydrogens is 244 g/mol. The molecular formula is C16H23ClO. The van der Waals surface area contributed by atoms with Gasteiger partial charge in [0.2, 0.25) is 0 Å². The fourth-order valence-corrected chi connectivity index (χ4v) is 3.41. The maximum absolute atomic E-state index is 6.32. The van der Waals surface area contributed by atoms with Gasteiger partial charge in [0.15, 0.2) is 0 Å². The van der Waals surface area contributed by atoms with Crippen molar-refractivity contribution in [2.45, 2.75) is 57.2 Å². The summed E-state index contributed by atoms with van der Waals surface area (Å²) in [5, 5.41) is 0. The van der Waals surface area contributed by atoms with Crippen LogP contribution < -0.4 is 0 Å². The lowest BCUT2D eigenvalue weighted by molar-refractivity contribution is 0.0373. The van der Waals surface area contributed by atoms with E-state index in [2.05, 4.69) is 44.2 Å². The van der Waals surface area contributed by atoms with Gasteiger partial charge in [-0.2, -0.15) is 0 Å². The predicted octanol–water partition coefficient (Wildman–Crippen LogP) is 4.53. The number of alkyl halides is 1. The molecule has 0 spiro atoms. The summed E-state index contributed by atoms with van der Waals surface area (Å²) in [4.78, 5) is 0. The molecule has 1 aliphatic heterocycles. The van der Waals surface area contributed by atoms with Gasteiger partial charge in [-0.05, 0) is 38.2 Å². The van der Waals surface area contributed by atoms with Crippen molar-refractivity contribution in [3.05, 3.63) is 35.9 Å². The molecule has 3 unspecified atom stereocenters. The molecule has 3 atom stereocenters. The largest absolute Gasteiger partial charge is 0.375 e. The molecule has 2 heteroatoms. The van der Waals surface area contributed by atoms with E-state index in [1.54, 1.807) is 0 Å². The zero-order chi connectivity index (χ0) is 13.0. The van der Waals surface area contributed by atoms with E-state index in [0.29, 0.717) is 18.1 Å². The van der Waals surface area contributed by atoms with E-state index < -0.39 is 0 Å². The Morgan fingerprint density at radius 1 is 1.28 bits per heavy atom. The summed E-state index contributed by atoms with van der Waals surface area (Å²) in [6.07, 6.45) is 5.25. The summed E-state index contributed by atoms with van der Waals surface area (Å²) in [5.74, 6) is 0.668. The van der Waals surface area contributed by atoms with Gasteiger partial charge in [-0.25, -0.2) is 0 Å². The third kappa shape index (κ3) is 2.89. The molecule has 1 fully saturated rings. The molecule has 1 aliphatic rings.